The number of nitrogens with one attached hydrogen (secondary N) is 1. The molecule has 0 aliphatic heterocycles. The van der Waals surface area contributed by atoms with E-state index in [0.717, 1.165) is 31.4 Å². The van der Waals surface area contributed by atoms with E-state index >= 15 is 0 Å². The Morgan fingerprint density at radius 1 is 0.960 bits per heavy atom. The number of amides is 1. The third-order valence-electron chi connectivity index (χ3n) is 4.29. The van der Waals surface area contributed by atoms with Crippen molar-refractivity contribution >= 4 is 5.91 Å². The zero-order valence-corrected chi connectivity index (χ0v) is 15.4. The number of rotatable bonds is 10. The lowest BCUT2D eigenvalue weighted by Crippen LogP contribution is -2.25. The number of hydrogen-bond donors (Lipinski definition) is 1. The first kappa shape index (κ1) is 19.0. The fourth-order valence-electron chi connectivity index (χ4n) is 2.80. The van der Waals surface area contributed by atoms with Crippen molar-refractivity contribution in [1.82, 2.24) is 5.32 Å². The molecule has 1 amide bonds. The van der Waals surface area contributed by atoms with Crippen molar-refractivity contribution < 1.29 is 9.53 Å². The molecular formula is C22H29NO2. The minimum absolute atomic E-state index is 0.123. The van der Waals surface area contributed by atoms with Gasteiger partial charge >= 0.3 is 0 Å². The standard InChI is InChI=1S/C22H29NO2/c1-3-18-11-13-19(14-12-18)15-16-22(24)23-17-7-9-20-8-5-6-10-21(20)25-4-2/h5-6,8,10-14H,3-4,7,9,15-17H2,1-2H3,(H,23,24). The molecule has 0 saturated carbocycles. The molecule has 2 aromatic carbocycles. The average Bonchev–Trinajstić information content (AvgIpc) is 2.65. The molecule has 134 valence electrons. The smallest absolute Gasteiger partial charge is 0.220 e. The zero-order chi connectivity index (χ0) is 17.9. The molecule has 0 radical (unpaired) electrons. The summed E-state index contributed by atoms with van der Waals surface area (Å²) in [7, 11) is 0. The summed E-state index contributed by atoms with van der Waals surface area (Å²) in [6.45, 7) is 5.52. The van der Waals surface area contributed by atoms with Gasteiger partial charge in [-0.1, -0.05) is 49.4 Å². The Balaban J connectivity index is 1.66. The van der Waals surface area contributed by atoms with E-state index in [2.05, 4.69) is 42.6 Å². The van der Waals surface area contributed by atoms with Crippen molar-refractivity contribution in [3.8, 4) is 5.75 Å². The van der Waals surface area contributed by atoms with Gasteiger partial charge in [0.1, 0.15) is 5.75 Å². The number of para-hydroxylation sites is 1. The van der Waals surface area contributed by atoms with E-state index in [-0.39, 0.29) is 5.91 Å². The van der Waals surface area contributed by atoms with Gasteiger partial charge in [0.2, 0.25) is 5.91 Å². The molecule has 25 heavy (non-hydrogen) atoms. The van der Waals surface area contributed by atoms with Crippen molar-refractivity contribution in [2.24, 2.45) is 0 Å². The summed E-state index contributed by atoms with van der Waals surface area (Å²) >= 11 is 0. The summed E-state index contributed by atoms with van der Waals surface area (Å²) < 4.78 is 5.63. The predicted molar refractivity (Wildman–Crippen MR) is 103 cm³/mol. The van der Waals surface area contributed by atoms with Crippen LogP contribution in [-0.2, 0) is 24.1 Å². The summed E-state index contributed by atoms with van der Waals surface area (Å²) in [5, 5.41) is 3.02. The molecule has 0 saturated heterocycles. The molecule has 2 rings (SSSR count). The van der Waals surface area contributed by atoms with Gasteiger partial charge in [0.15, 0.2) is 0 Å². The Kier molecular flexibility index (Phi) is 8.03. The molecule has 3 heteroatoms. The minimum atomic E-state index is 0.123. The van der Waals surface area contributed by atoms with Gasteiger partial charge in [-0.15, -0.1) is 0 Å². The highest BCUT2D eigenvalue weighted by molar-refractivity contribution is 5.76. The van der Waals surface area contributed by atoms with Crippen LogP contribution in [0.3, 0.4) is 0 Å². The highest BCUT2D eigenvalue weighted by atomic mass is 16.5. The van der Waals surface area contributed by atoms with Gasteiger partial charge in [-0.3, -0.25) is 4.79 Å². The molecule has 0 unspecified atom stereocenters. The minimum Gasteiger partial charge on any atom is -0.494 e. The molecule has 0 heterocycles. The lowest BCUT2D eigenvalue weighted by Gasteiger charge is -2.10. The Morgan fingerprint density at radius 3 is 2.40 bits per heavy atom. The number of aryl methyl sites for hydroxylation is 3. The molecule has 0 aliphatic carbocycles. The maximum atomic E-state index is 12.0. The summed E-state index contributed by atoms with van der Waals surface area (Å²) in [5.41, 5.74) is 3.76. The van der Waals surface area contributed by atoms with Crippen LogP contribution < -0.4 is 10.1 Å². The first-order valence-electron chi connectivity index (χ1n) is 9.28. The molecule has 0 bridgehead atoms. The molecule has 0 aromatic heterocycles. The normalized spacial score (nSPS) is 10.5. The van der Waals surface area contributed by atoms with Crippen molar-refractivity contribution in [3.05, 3.63) is 65.2 Å². The molecular weight excluding hydrogens is 310 g/mol. The van der Waals surface area contributed by atoms with Crippen LogP contribution in [-0.4, -0.2) is 19.1 Å². The summed E-state index contributed by atoms with van der Waals surface area (Å²) in [5.74, 6) is 1.07. The number of carbonyl (C=O) groups excluding carboxylic acids is 1. The first-order valence-corrected chi connectivity index (χ1v) is 9.28. The summed E-state index contributed by atoms with van der Waals surface area (Å²) in [6, 6.07) is 16.6. The Bertz CT molecular complexity index is 649. The van der Waals surface area contributed by atoms with Crippen molar-refractivity contribution in [2.75, 3.05) is 13.2 Å². The van der Waals surface area contributed by atoms with Crippen LogP contribution in [0.2, 0.25) is 0 Å². The Labute approximate surface area is 151 Å². The van der Waals surface area contributed by atoms with Gasteiger partial charge < -0.3 is 10.1 Å². The van der Waals surface area contributed by atoms with Crippen LogP contribution in [0.4, 0.5) is 0 Å². The van der Waals surface area contributed by atoms with Gasteiger partial charge in [-0.2, -0.15) is 0 Å². The molecule has 2 aromatic rings. The molecule has 0 spiro atoms. The van der Waals surface area contributed by atoms with Crippen LogP contribution in [0, 0.1) is 0 Å². The van der Waals surface area contributed by atoms with Gasteiger partial charge in [0.25, 0.3) is 0 Å². The van der Waals surface area contributed by atoms with Gasteiger partial charge in [0, 0.05) is 13.0 Å². The van der Waals surface area contributed by atoms with Gasteiger partial charge in [-0.05, 0) is 55.4 Å². The molecule has 0 atom stereocenters. The van der Waals surface area contributed by atoms with E-state index in [1.807, 2.05) is 25.1 Å². The van der Waals surface area contributed by atoms with Crippen LogP contribution >= 0.6 is 0 Å². The van der Waals surface area contributed by atoms with Crippen LogP contribution in [0.5, 0.6) is 5.75 Å². The first-order chi connectivity index (χ1) is 12.2. The average molecular weight is 339 g/mol. The van der Waals surface area contributed by atoms with E-state index in [9.17, 15) is 4.79 Å². The summed E-state index contributed by atoms with van der Waals surface area (Å²) in [6.07, 6.45) is 4.22. The molecule has 1 N–H and O–H groups in total. The van der Waals surface area contributed by atoms with Crippen molar-refractivity contribution in [2.45, 2.75) is 46.0 Å². The fraction of sp³-hybridized carbons (Fsp3) is 0.409. The second kappa shape index (κ2) is 10.5. The third kappa shape index (κ3) is 6.61. The highest BCUT2D eigenvalue weighted by Gasteiger charge is 2.04. The van der Waals surface area contributed by atoms with Crippen LogP contribution in [0.15, 0.2) is 48.5 Å². The van der Waals surface area contributed by atoms with Crippen molar-refractivity contribution in [3.63, 3.8) is 0 Å². The lowest BCUT2D eigenvalue weighted by molar-refractivity contribution is -0.121. The largest absolute Gasteiger partial charge is 0.494 e. The van der Waals surface area contributed by atoms with E-state index < -0.39 is 0 Å². The van der Waals surface area contributed by atoms with E-state index in [4.69, 9.17) is 4.74 Å². The molecule has 3 nitrogen and oxygen atoms in total. The number of hydrogen-bond acceptors (Lipinski definition) is 2. The predicted octanol–water partition coefficient (Wildman–Crippen LogP) is 4.33. The maximum Gasteiger partial charge on any atom is 0.220 e. The maximum absolute atomic E-state index is 12.0. The lowest BCUT2D eigenvalue weighted by atomic mass is 10.1. The monoisotopic (exact) mass is 339 g/mol. The molecule has 0 fully saturated rings. The second-order valence-electron chi connectivity index (χ2n) is 6.16. The SMILES string of the molecule is CCOc1ccccc1CCCNC(=O)CCc1ccc(CC)cc1. The van der Waals surface area contributed by atoms with Gasteiger partial charge in [-0.25, -0.2) is 0 Å². The van der Waals surface area contributed by atoms with E-state index in [1.165, 1.54) is 16.7 Å². The Morgan fingerprint density at radius 2 is 1.68 bits per heavy atom. The highest BCUT2D eigenvalue weighted by Crippen LogP contribution is 2.19. The third-order valence-corrected chi connectivity index (χ3v) is 4.29. The van der Waals surface area contributed by atoms with E-state index in [1.54, 1.807) is 0 Å². The quantitative estimate of drug-likeness (QED) is 0.654. The Hall–Kier alpha value is -2.29. The fourth-order valence-corrected chi connectivity index (χ4v) is 2.80. The molecule has 0 aliphatic rings. The number of benzene rings is 2. The second-order valence-corrected chi connectivity index (χ2v) is 6.16. The van der Waals surface area contributed by atoms with Crippen molar-refractivity contribution in [1.29, 1.82) is 0 Å². The van der Waals surface area contributed by atoms with Crippen LogP contribution in [0.1, 0.15) is 43.4 Å². The zero-order valence-electron chi connectivity index (χ0n) is 15.4. The van der Waals surface area contributed by atoms with Crippen LogP contribution in [0.25, 0.3) is 0 Å². The number of ether oxygens (including phenoxy) is 1. The summed E-state index contributed by atoms with van der Waals surface area (Å²) in [4.78, 5) is 12.0. The number of carbonyl (C=O) groups is 1. The van der Waals surface area contributed by atoms with E-state index in [0.29, 0.717) is 19.6 Å². The topological polar surface area (TPSA) is 38.3 Å². The van der Waals surface area contributed by atoms with Gasteiger partial charge in [0.05, 0.1) is 6.61 Å².